The van der Waals surface area contributed by atoms with Crippen molar-refractivity contribution in [3.05, 3.63) is 101 Å². The molecule has 0 saturated carbocycles. The monoisotopic (exact) mass is 558 g/mol. The molecule has 0 spiro atoms. The molecule has 5 nitrogen and oxygen atoms in total. The highest BCUT2D eigenvalue weighted by molar-refractivity contribution is 5.81. The highest BCUT2D eigenvalue weighted by Gasteiger charge is 2.27. The van der Waals surface area contributed by atoms with Gasteiger partial charge in [0.15, 0.2) is 0 Å². The summed E-state index contributed by atoms with van der Waals surface area (Å²) in [5.41, 5.74) is 7.91. The van der Waals surface area contributed by atoms with E-state index in [2.05, 4.69) is 75.0 Å². The average molecular weight is 559 g/mol. The van der Waals surface area contributed by atoms with Gasteiger partial charge in [-0.1, -0.05) is 80.9 Å². The van der Waals surface area contributed by atoms with Crippen molar-refractivity contribution in [1.82, 2.24) is 0 Å². The van der Waals surface area contributed by atoms with Gasteiger partial charge in [0.25, 0.3) is 0 Å². The first-order valence-electron chi connectivity index (χ1n) is 14.8. The predicted molar refractivity (Wildman–Crippen MR) is 166 cm³/mol. The maximum atomic E-state index is 11.6. The first kappa shape index (κ1) is 32.1. The lowest BCUT2D eigenvalue weighted by molar-refractivity contribution is -0.137. The van der Waals surface area contributed by atoms with E-state index in [1.165, 1.54) is 33.9 Å². The van der Waals surface area contributed by atoms with E-state index in [1.54, 1.807) is 0 Å². The van der Waals surface area contributed by atoms with E-state index in [1.807, 2.05) is 13.0 Å². The van der Waals surface area contributed by atoms with Gasteiger partial charge in [-0.15, -0.1) is 0 Å². The van der Waals surface area contributed by atoms with Crippen LogP contribution in [-0.4, -0.2) is 42.6 Å². The van der Waals surface area contributed by atoms with Gasteiger partial charge in [0.05, 0.1) is 26.4 Å². The van der Waals surface area contributed by atoms with Crippen LogP contribution in [-0.2, 0) is 35.2 Å². The van der Waals surface area contributed by atoms with E-state index in [-0.39, 0.29) is 19.8 Å². The van der Waals surface area contributed by atoms with Gasteiger partial charge in [0, 0.05) is 17.9 Å². The van der Waals surface area contributed by atoms with Crippen LogP contribution < -0.4 is 4.74 Å². The standard InChI is InChI=1S/C36H46O5/c1-5-19-36(25-37,26-38)20-22-40-34-17-15-31(24-32(34)18-21-41-35(39)7-3)33-16-14-29(23-30(33)6-2)13-12-28-10-8-27(4)9-11-28/h7-11,14-17,23-24,37-38H,3,5-6,12-13,18-22,25-26H2,1-2,4H3. The lowest BCUT2D eigenvalue weighted by Gasteiger charge is -2.29. The molecule has 0 aliphatic carbocycles. The third kappa shape index (κ3) is 9.31. The Labute approximate surface area is 245 Å². The van der Waals surface area contributed by atoms with Crippen LogP contribution in [0.2, 0.25) is 0 Å². The summed E-state index contributed by atoms with van der Waals surface area (Å²) >= 11 is 0. The van der Waals surface area contributed by atoms with Crippen LogP contribution in [0.15, 0.2) is 73.3 Å². The Morgan fingerprint density at radius 3 is 2.22 bits per heavy atom. The van der Waals surface area contributed by atoms with E-state index in [9.17, 15) is 15.0 Å². The minimum Gasteiger partial charge on any atom is -0.493 e. The van der Waals surface area contributed by atoms with Crippen LogP contribution in [0.5, 0.6) is 5.75 Å². The number of hydrogen-bond donors (Lipinski definition) is 2. The maximum absolute atomic E-state index is 11.6. The molecule has 3 aromatic rings. The van der Waals surface area contributed by atoms with Gasteiger partial charge in [-0.25, -0.2) is 4.79 Å². The van der Waals surface area contributed by atoms with E-state index in [0.29, 0.717) is 19.4 Å². The zero-order valence-corrected chi connectivity index (χ0v) is 25.0. The fourth-order valence-electron chi connectivity index (χ4n) is 5.22. The summed E-state index contributed by atoms with van der Waals surface area (Å²) < 4.78 is 11.5. The zero-order valence-electron chi connectivity index (χ0n) is 25.0. The summed E-state index contributed by atoms with van der Waals surface area (Å²) in [4.78, 5) is 11.6. The zero-order chi connectivity index (χ0) is 29.7. The summed E-state index contributed by atoms with van der Waals surface area (Å²) in [5, 5.41) is 19.8. The third-order valence-corrected chi connectivity index (χ3v) is 7.87. The van der Waals surface area contributed by atoms with E-state index in [0.717, 1.165) is 49.0 Å². The first-order chi connectivity index (χ1) is 19.9. The fraction of sp³-hybridized carbons (Fsp3) is 0.417. The lowest BCUT2D eigenvalue weighted by Crippen LogP contribution is -2.31. The second kappa shape index (κ2) is 16.1. The van der Waals surface area contributed by atoms with Crippen molar-refractivity contribution in [2.75, 3.05) is 26.4 Å². The molecule has 5 heteroatoms. The van der Waals surface area contributed by atoms with Crippen molar-refractivity contribution < 1.29 is 24.5 Å². The molecule has 0 aliphatic heterocycles. The summed E-state index contributed by atoms with van der Waals surface area (Å²) in [5.74, 6) is 0.269. The van der Waals surface area contributed by atoms with E-state index >= 15 is 0 Å². The van der Waals surface area contributed by atoms with Crippen LogP contribution >= 0.6 is 0 Å². The Morgan fingerprint density at radius 1 is 0.854 bits per heavy atom. The molecule has 0 fully saturated rings. The van der Waals surface area contributed by atoms with Crippen LogP contribution in [0.1, 0.15) is 60.9 Å². The molecule has 0 bridgehead atoms. The van der Waals surface area contributed by atoms with E-state index < -0.39 is 11.4 Å². The number of rotatable bonds is 17. The van der Waals surface area contributed by atoms with Crippen molar-refractivity contribution in [3.63, 3.8) is 0 Å². The van der Waals surface area contributed by atoms with Crippen molar-refractivity contribution in [2.24, 2.45) is 5.41 Å². The van der Waals surface area contributed by atoms with Gasteiger partial charge < -0.3 is 19.7 Å². The summed E-state index contributed by atoms with van der Waals surface area (Å²) in [6.07, 6.45) is 6.73. The number of hydrogen-bond acceptors (Lipinski definition) is 5. The fourth-order valence-corrected chi connectivity index (χ4v) is 5.22. The molecule has 2 N–H and O–H groups in total. The topological polar surface area (TPSA) is 76.0 Å². The summed E-state index contributed by atoms with van der Waals surface area (Å²) in [6.45, 7) is 10.2. The van der Waals surface area contributed by atoms with Crippen molar-refractivity contribution >= 4 is 5.97 Å². The van der Waals surface area contributed by atoms with Gasteiger partial charge in [-0.2, -0.15) is 0 Å². The average Bonchev–Trinajstić information content (AvgIpc) is 3.00. The SMILES string of the molecule is C=CC(=O)OCCc1cc(-c2ccc(CCc3ccc(C)cc3)cc2CC)ccc1OCCC(CO)(CO)CCC. The summed E-state index contributed by atoms with van der Waals surface area (Å²) in [7, 11) is 0. The van der Waals surface area contributed by atoms with Crippen molar-refractivity contribution in [2.45, 2.75) is 65.7 Å². The largest absolute Gasteiger partial charge is 0.493 e. The molecule has 0 atom stereocenters. The number of benzene rings is 3. The van der Waals surface area contributed by atoms with Crippen LogP contribution in [0.3, 0.4) is 0 Å². The lowest BCUT2D eigenvalue weighted by atomic mass is 9.82. The Balaban J connectivity index is 1.81. The number of aliphatic hydroxyl groups is 2. The highest BCUT2D eigenvalue weighted by Crippen LogP contribution is 2.32. The number of aliphatic hydroxyl groups excluding tert-OH is 2. The van der Waals surface area contributed by atoms with Crippen molar-refractivity contribution in [3.8, 4) is 16.9 Å². The number of ether oxygens (including phenoxy) is 2. The minimum absolute atomic E-state index is 0.0786. The Kier molecular flexibility index (Phi) is 12.6. The van der Waals surface area contributed by atoms with Crippen LogP contribution in [0.4, 0.5) is 0 Å². The molecule has 0 saturated heterocycles. The number of esters is 1. The van der Waals surface area contributed by atoms with Crippen LogP contribution in [0, 0.1) is 12.3 Å². The molecular weight excluding hydrogens is 512 g/mol. The molecule has 41 heavy (non-hydrogen) atoms. The molecular formula is C36H46O5. The Morgan fingerprint density at radius 2 is 1.56 bits per heavy atom. The maximum Gasteiger partial charge on any atom is 0.330 e. The number of carbonyl (C=O) groups excluding carboxylic acids is 1. The molecule has 0 radical (unpaired) electrons. The molecule has 0 heterocycles. The molecule has 0 aromatic heterocycles. The summed E-state index contributed by atoms with van der Waals surface area (Å²) in [6, 6.07) is 21.7. The molecule has 3 rings (SSSR count). The number of aryl methyl sites for hydroxylation is 4. The van der Waals surface area contributed by atoms with Gasteiger partial charge in [0.2, 0.25) is 0 Å². The van der Waals surface area contributed by atoms with Gasteiger partial charge in [-0.3, -0.25) is 0 Å². The van der Waals surface area contributed by atoms with Crippen LogP contribution in [0.25, 0.3) is 11.1 Å². The van der Waals surface area contributed by atoms with Gasteiger partial charge >= 0.3 is 5.97 Å². The molecule has 220 valence electrons. The normalized spacial score (nSPS) is 11.3. The number of carbonyl (C=O) groups is 1. The molecule has 0 amide bonds. The predicted octanol–water partition coefficient (Wildman–Crippen LogP) is 6.82. The second-order valence-corrected chi connectivity index (χ2v) is 10.9. The molecule has 0 unspecified atom stereocenters. The first-order valence-corrected chi connectivity index (χ1v) is 14.8. The van der Waals surface area contributed by atoms with Crippen molar-refractivity contribution in [1.29, 1.82) is 0 Å². The minimum atomic E-state index is -0.550. The third-order valence-electron chi connectivity index (χ3n) is 7.87. The molecule has 3 aromatic carbocycles. The Bertz CT molecular complexity index is 1260. The highest BCUT2D eigenvalue weighted by atomic mass is 16.5. The second-order valence-electron chi connectivity index (χ2n) is 10.9. The molecule has 0 aliphatic rings. The van der Waals surface area contributed by atoms with Gasteiger partial charge in [0.1, 0.15) is 5.75 Å². The van der Waals surface area contributed by atoms with E-state index in [4.69, 9.17) is 9.47 Å². The Hall–Kier alpha value is -3.41. The van der Waals surface area contributed by atoms with Gasteiger partial charge in [-0.05, 0) is 84.5 Å². The quantitative estimate of drug-likeness (QED) is 0.140. The smallest absolute Gasteiger partial charge is 0.330 e.